The van der Waals surface area contributed by atoms with Crippen molar-refractivity contribution in [3.63, 3.8) is 0 Å². The van der Waals surface area contributed by atoms with Gasteiger partial charge in [0.1, 0.15) is 19.0 Å². The standard InChI is InChI=1S/C20H21ClN6O3/c21-13-10-24-19(22)16-17(26-27(18(13)16)12-2-1-5-23-9-12)20(28)25-11-3-4-14-15(8-11)30-7-6-29-14/h3-4,8,10,12,23H,1-2,5-7,9H2,(H2,22,24)(H,25,28)/t12-/m1/s1. The second-order valence-electron chi connectivity index (χ2n) is 7.32. The van der Waals surface area contributed by atoms with E-state index in [0.29, 0.717) is 46.3 Å². The van der Waals surface area contributed by atoms with E-state index in [0.717, 1.165) is 25.9 Å². The van der Waals surface area contributed by atoms with Gasteiger partial charge in [-0.05, 0) is 31.5 Å². The predicted molar refractivity (Wildman–Crippen MR) is 113 cm³/mol. The Morgan fingerprint density at radius 3 is 2.93 bits per heavy atom. The van der Waals surface area contributed by atoms with E-state index in [1.54, 1.807) is 22.9 Å². The Kier molecular flexibility index (Phi) is 4.84. The second kappa shape index (κ2) is 7.66. The lowest BCUT2D eigenvalue weighted by atomic mass is 10.1. The molecule has 2 aliphatic heterocycles. The number of pyridine rings is 1. The number of aromatic nitrogens is 3. The topological polar surface area (TPSA) is 116 Å². The number of hydrogen-bond donors (Lipinski definition) is 3. The van der Waals surface area contributed by atoms with E-state index >= 15 is 0 Å². The van der Waals surface area contributed by atoms with Gasteiger partial charge in [-0.25, -0.2) is 4.98 Å². The van der Waals surface area contributed by atoms with Crippen LogP contribution in [0.25, 0.3) is 10.9 Å². The molecule has 0 unspecified atom stereocenters. The highest BCUT2D eigenvalue weighted by Gasteiger charge is 2.27. The number of nitrogen functional groups attached to an aromatic ring is 1. The van der Waals surface area contributed by atoms with Crippen molar-refractivity contribution in [3.05, 3.63) is 35.1 Å². The normalized spacial score (nSPS) is 18.4. The van der Waals surface area contributed by atoms with Crippen molar-refractivity contribution in [3.8, 4) is 11.5 Å². The Labute approximate surface area is 177 Å². The number of hydrogen-bond acceptors (Lipinski definition) is 7. The minimum Gasteiger partial charge on any atom is -0.486 e. The molecule has 5 rings (SSSR count). The minimum atomic E-state index is -0.394. The third kappa shape index (κ3) is 3.29. The average molecular weight is 429 g/mol. The predicted octanol–water partition coefficient (Wildman–Crippen LogP) is 2.61. The molecule has 30 heavy (non-hydrogen) atoms. The lowest BCUT2D eigenvalue weighted by Crippen LogP contribution is -2.32. The first-order valence-corrected chi connectivity index (χ1v) is 10.2. The number of nitrogens with one attached hydrogen (secondary N) is 2. The zero-order valence-electron chi connectivity index (χ0n) is 16.2. The van der Waals surface area contributed by atoms with Crippen LogP contribution >= 0.6 is 11.6 Å². The van der Waals surface area contributed by atoms with Crippen molar-refractivity contribution in [2.24, 2.45) is 0 Å². The van der Waals surface area contributed by atoms with Gasteiger partial charge in [-0.3, -0.25) is 9.48 Å². The van der Waals surface area contributed by atoms with Crippen LogP contribution in [0, 0.1) is 0 Å². The van der Waals surface area contributed by atoms with Crippen molar-refractivity contribution in [2.45, 2.75) is 18.9 Å². The van der Waals surface area contributed by atoms with Gasteiger partial charge in [0.05, 0.1) is 28.2 Å². The Balaban J connectivity index is 1.53. The molecule has 0 saturated carbocycles. The summed E-state index contributed by atoms with van der Waals surface area (Å²) in [4.78, 5) is 17.3. The SMILES string of the molecule is Nc1ncc(Cl)c2c1c(C(=O)Nc1ccc3c(c1)OCCO3)nn2[C@@H]1CCCNC1. The van der Waals surface area contributed by atoms with Gasteiger partial charge < -0.3 is 25.8 Å². The maximum absolute atomic E-state index is 13.2. The molecule has 4 N–H and O–H groups in total. The first-order chi connectivity index (χ1) is 14.6. The third-order valence-corrected chi connectivity index (χ3v) is 5.62. The monoisotopic (exact) mass is 428 g/mol. The van der Waals surface area contributed by atoms with E-state index in [1.165, 1.54) is 6.20 Å². The molecule has 1 atom stereocenters. The van der Waals surface area contributed by atoms with Crippen LogP contribution < -0.4 is 25.8 Å². The quantitative estimate of drug-likeness (QED) is 0.587. The highest BCUT2D eigenvalue weighted by molar-refractivity contribution is 6.36. The number of halogens is 1. The molecular weight excluding hydrogens is 408 g/mol. The van der Waals surface area contributed by atoms with Crippen LogP contribution in [-0.2, 0) is 0 Å². The number of anilines is 2. The van der Waals surface area contributed by atoms with Gasteiger partial charge in [-0.15, -0.1) is 0 Å². The Hall–Kier alpha value is -3.04. The molecule has 10 heteroatoms. The van der Waals surface area contributed by atoms with Gasteiger partial charge in [0, 0.05) is 18.3 Å². The van der Waals surface area contributed by atoms with E-state index in [2.05, 4.69) is 20.7 Å². The van der Waals surface area contributed by atoms with Crippen molar-refractivity contribution >= 4 is 39.9 Å². The van der Waals surface area contributed by atoms with E-state index < -0.39 is 5.91 Å². The average Bonchev–Trinajstić information content (AvgIpc) is 3.19. The fraction of sp³-hybridized carbons (Fsp3) is 0.350. The maximum Gasteiger partial charge on any atom is 0.276 e. The van der Waals surface area contributed by atoms with Gasteiger partial charge >= 0.3 is 0 Å². The summed E-state index contributed by atoms with van der Waals surface area (Å²) in [7, 11) is 0. The Morgan fingerprint density at radius 2 is 2.13 bits per heavy atom. The lowest BCUT2D eigenvalue weighted by Gasteiger charge is -2.24. The van der Waals surface area contributed by atoms with Crippen LogP contribution in [0.2, 0.25) is 5.02 Å². The fourth-order valence-electron chi connectivity index (χ4n) is 3.93. The minimum absolute atomic E-state index is 0.0800. The molecule has 0 spiro atoms. The van der Waals surface area contributed by atoms with Crippen molar-refractivity contribution < 1.29 is 14.3 Å². The van der Waals surface area contributed by atoms with E-state index in [1.807, 2.05) is 0 Å². The molecule has 3 aromatic rings. The first kappa shape index (κ1) is 19.0. The van der Waals surface area contributed by atoms with Crippen LogP contribution in [0.15, 0.2) is 24.4 Å². The number of amides is 1. The van der Waals surface area contributed by atoms with Crippen LogP contribution in [0.1, 0.15) is 29.4 Å². The number of nitrogens with two attached hydrogens (primary N) is 1. The molecule has 0 aliphatic carbocycles. The smallest absolute Gasteiger partial charge is 0.276 e. The van der Waals surface area contributed by atoms with Gasteiger partial charge in [-0.1, -0.05) is 11.6 Å². The molecular formula is C20H21ClN6O3. The van der Waals surface area contributed by atoms with Gasteiger partial charge in [0.2, 0.25) is 0 Å². The van der Waals surface area contributed by atoms with Crippen molar-refractivity contribution in [2.75, 3.05) is 37.4 Å². The lowest BCUT2D eigenvalue weighted by molar-refractivity contribution is 0.102. The largest absolute Gasteiger partial charge is 0.486 e. The number of carbonyl (C=O) groups excluding carboxylic acids is 1. The van der Waals surface area contributed by atoms with Crippen LogP contribution in [0.4, 0.5) is 11.5 Å². The summed E-state index contributed by atoms with van der Waals surface area (Å²) < 4.78 is 12.9. The van der Waals surface area contributed by atoms with Gasteiger partial charge in [0.25, 0.3) is 5.91 Å². The molecule has 9 nitrogen and oxygen atoms in total. The number of rotatable bonds is 3. The number of benzene rings is 1. The summed E-state index contributed by atoms with van der Waals surface area (Å²) in [6, 6.07) is 5.33. The summed E-state index contributed by atoms with van der Waals surface area (Å²) in [6.45, 7) is 2.68. The third-order valence-electron chi connectivity index (χ3n) is 5.34. The highest BCUT2D eigenvalue weighted by Crippen LogP contribution is 2.35. The van der Waals surface area contributed by atoms with Crippen molar-refractivity contribution in [1.29, 1.82) is 0 Å². The molecule has 1 amide bonds. The second-order valence-corrected chi connectivity index (χ2v) is 7.73. The first-order valence-electron chi connectivity index (χ1n) is 9.85. The van der Waals surface area contributed by atoms with E-state index in [-0.39, 0.29) is 17.6 Å². The summed E-state index contributed by atoms with van der Waals surface area (Å²) in [5, 5.41) is 11.7. The fourth-order valence-corrected chi connectivity index (χ4v) is 4.16. The molecule has 1 saturated heterocycles. The van der Waals surface area contributed by atoms with E-state index in [9.17, 15) is 4.79 Å². The molecule has 4 heterocycles. The summed E-state index contributed by atoms with van der Waals surface area (Å²) in [5.41, 5.74) is 7.53. The number of fused-ring (bicyclic) bond motifs is 2. The molecule has 1 fully saturated rings. The van der Waals surface area contributed by atoms with Crippen molar-refractivity contribution in [1.82, 2.24) is 20.1 Å². The molecule has 0 bridgehead atoms. The molecule has 0 radical (unpaired) electrons. The summed E-state index contributed by atoms with van der Waals surface area (Å²) in [6.07, 6.45) is 3.45. The van der Waals surface area contributed by atoms with Crippen LogP contribution in [0.5, 0.6) is 11.5 Å². The number of ether oxygens (including phenoxy) is 2. The number of nitrogens with zero attached hydrogens (tertiary/aromatic N) is 3. The Morgan fingerprint density at radius 1 is 1.30 bits per heavy atom. The zero-order valence-corrected chi connectivity index (χ0v) is 16.9. The number of piperidine rings is 1. The molecule has 1 aromatic carbocycles. The highest BCUT2D eigenvalue weighted by atomic mass is 35.5. The zero-order chi connectivity index (χ0) is 20.7. The Bertz CT molecular complexity index is 1130. The van der Waals surface area contributed by atoms with Gasteiger partial charge in [-0.2, -0.15) is 5.10 Å². The van der Waals surface area contributed by atoms with Crippen LogP contribution in [0.3, 0.4) is 0 Å². The van der Waals surface area contributed by atoms with Gasteiger partial charge in [0.15, 0.2) is 17.2 Å². The van der Waals surface area contributed by atoms with E-state index in [4.69, 9.17) is 26.8 Å². The maximum atomic E-state index is 13.2. The summed E-state index contributed by atoms with van der Waals surface area (Å²) >= 11 is 6.45. The molecule has 156 valence electrons. The molecule has 2 aliphatic rings. The molecule has 2 aromatic heterocycles. The number of carbonyl (C=O) groups is 1. The van der Waals surface area contributed by atoms with Crippen LogP contribution in [-0.4, -0.2) is 47.0 Å². The summed E-state index contributed by atoms with van der Waals surface area (Å²) in [5.74, 6) is 1.07.